The number of esters is 2. The molecular formula is C27H25ClFNO5S. The predicted molar refractivity (Wildman–Crippen MR) is 137 cm³/mol. The van der Waals surface area contributed by atoms with Crippen molar-refractivity contribution in [3.05, 3.63) is 75.9 Å². The Balaban J connectivity index is 1.52. The second kappa shape index (κ2) is 11.2. The molecule has 1 aliphatic rings. The number of hydrogen-bond donors (Lipinski definition) is 1. The molecule has 0 spiro atoms. The molecule has 1 fully saturated rings. The Kier molecular flexibility index (Phi) is 8.06. The first kappa shape index (κ1) is 25.9. The Morgan fingerprint density at radius 2 is 1.72 bits per heavy atom. The third-order valence-corrected chi connectivity index (χ3v) is 7.48. The number of hydrogen-bond acceptors (Lipinski definition) is 6. The average molecular weight is 530 g/mol. The molecule has 36 heavy (non-hydrogen) atoms. The van der Waals surface area contributed by atoms with Crippen LogP contribution in [0.5, 0.6) is 0 Å². The summed E-state index contributed by atoms with van der Waals surface area (Å²) in [5, 5.41) is 5.07. The van der Waals surface area contributed by atoms with Crippen LogP contribution in [-0.4, -0.2) is 31.1 Å². The smallest absolute Gasteiger partial charge is 0.341 e. The number of anilines is 1. The summed E-state index contributed by atoms with van der Waals surface area (Å²) in [6.07, 6.45) is 2.43. The molecule has 0 saturated heterocycles. The van der Waals surface area contributed by atoms with Gasteiger partial charge in [-0.2, -0.15) is 0 Å². The summed E-state index contributed by atoms with van der Waals surface area (Å²) in [4.78, 5) is 38.6. The van der Waals surface area contributed by atoms with Gasteiger partial charge < -0.3 is 14.8 Å². The molecule has 9 heteroatoms. The Hall–Kier alpha value is -3.23. The molecule has 3 aromatic rings. The van der Waals surface area contributed by atoms with Gasteiger partial charge in [0.15, 0.2) is 6.61 Å². The lowest BCUT2D eigenvalue weighted by Crippen LogP contribution is -2.37. The number of carbonyl (C=O) groups is 3. The summed E-state index contributed by atoms with van der Waals surface area (Å²) in [7, 11) is 0. The predicted octanol–water partition coefficient (Wildman–Crippen LogP) is 6.38. The zero-order valence-electron chi connectivity index (χ0n) is 19.6. The van der Waals surface area contributed by atoms with Crippen molar-refractivity contribution in [2.24, 2.45) is 0 Å². The van der Waals surface area contributed by atoms with Gasteiger partial charge in [-0.05, 0) is 31.9 Å². The maximum absolute atomic E-state index is 14.5. The van der Waals surface area contributed by atoms with Gasteiger partial charge in [0.1, 0.15) is 16.4 Å². The van der Waals surface area contributed by atoms with Crippen molar-refractivity contribution in [1.82, 2.24) is 0 Å². The summed E-state index contributed by atoms with van der Waals surface area (Å²) >= 11 is 7.47. The quantitative estimate of drug-likeness (QED) is 0.342. The van der Waals surface area contributed by atoms with E-state index in [-0.39, 0.29) is 17.2 Å². The number of benzene rings is 2. The summed E-state index contributed by atoms with van der Waals surface area (Å²) in [6.45, 7) is 1.27. The van der Waals surface area contributed by atoms with Crippen LogP contribution in [0.3, 0.4) is 0 Å². The lowest BCUT2D eigenvalue weighted by atomic mass is 9.78. The number of carbonyl (C=O) groups excluding carboxylic acids is 3. The minimum Gasteiger partial charge on any atom is -0.462 e. The molecule has 1 amide bonds. The molecule has 6 nitrogen and oxygen atoms in total. The number of ether oxygens (including phenoxy) is 2. The van der Waals surface area contributed by atoms with Crippen molar-refractivity contribution < 1.29 is 28.2 Å². The highest BCUT2D eigenvalue weighted by atomic mass is 35.5. The van der Waals surface area contributed by atoms with Crippen LogP contribution in [-0.2, 0) is 24.5 Å². The second-order valence-corrected chi connectivity index (χ2v) is 9.73. The average Bonchev–Trinajstić information content (AvgIpc) is 3.52. The summed E-state index contributed by atoms with van der Waals surface area (Å²) in [5.74, 6) is -2.33. The molecule has 0 bridgehead atoms. The van der Waals surface area contributed by atoms with Gasteiger partial charge in [-0.3, -0.25) is 9.59 Å². The van der Waals surface area contributed by atoms with E-state index in [2.05, 4.69) is 5.32 Å². The van der Waals surface area contributed by atoms with Crippen molar-refractivity contribution in [3.8, 4) is 11.1 Å². The molecule has 1 aromatic heterocycles. The fourth-order valence-electron chi connectivity index (χ4n) is 4.58. The lowest BCUT2D eigenvalue weighted by Gasteiger charge is -2.27. The Morgan fingerprint density at radius 1 is 1.03 bits per heavy atom. The van der Waals surface area contributed by atoms with Crippen LogP contribution in [0, 0.1) is 5.82 Å². The molecule has 1 heterocycles. The van der Waals surface area contributed by atoms with Crippen LogP contribution in [0.15, 0.2) is 53.9 Å². The number of nitrogens with one attached hydrogen (secondary N) is 1. The third-order valence-electron chi connectivity index (χ3n) is 6.26. The number of rotatable bonds is 8. The van der Waals surface area contributed by atoms with Gasteiger partial charge in [0.05, 0.1) is 12.0 Å². The monoisotopic (exact) mass is 529 g/mol. The van der Waals surface area contributed by atoms with Crippen molar-refractivity contribution in [1.29, 1.82) is 0 Å². The minimum absolute atomic E-state index is 0.153. The molecule has 0 radical (unpaired) electrons. The molecule has 1 N–H and O–H groups in total. The van der Waals surface area contributed by atoms with Crippen LogP contribution in [0.2, 0.25) is 5.02 Å². The highest BCUT2D eigenvalue weighted by molar-refractivity contribution is 7.15. The van der Waals surface area contributed by atoms with Gasteiger partial charge in [0.25, 0.3) is 5.91 Å². The van der Waals surface area contributed by atoms with Crippen LogP contribution in [0.4, 0.5) is 9.39 Å². The second-order valence-electron chi connectivity index (χ2n) is 8.45. The summed E-state index contributed by atoms with van der Waals surface area (Å²) < 4.78 is 25.1. The fraction of sp³-hybridized carbons (Fsp3) is 0.296. The van der Waals surface area contributed by atoms with Crippen molar-refractivity contribution in [3.63, 3.8) is 0 Å². The molecule has 4 rings (SSSR count). The highest BCUT2D eigenvalue weighted by Gasteiger charge is 2.46. The largest absolute Gasteiger partial charge is 0.462 e. The van der Waals surface area contributed by atoms with E-state index in [1.807, 2.05) is 0 Å². The Morgan fingerprint density at radius 3 is 2.42 bits per heavy atom. The molecule has 0 atom stereocenters. The zero-order valence-corrected chi connectivity index (χ0v) is 21.2. The maximum atomic E-state index is 14.5. The van der Waals surface area contributed by atoms with E-state index in [9.17, 15) is 18.8 Å². The molecule has 1 aliphatic carbocycles. The number of amides is 1. The highest BCUT2D eigenvalue weighted by Crippen LogP contribution is 2.43. The molecule has 188 valence electrons. The van der Waals surface area contributed by atoms with Gasteiger partial charge in [0, 0.05) is 27.1 Å². The van der Waals surface area contributed by atoms with Gasteiger partial charge in [-0.25, -0.2) is 9.18 Å². The number of halogens is 2. The van der Waals surface area contributed by atoms with Gasteiger partial charge >= 0.3 is 11.9 Å². The molecule has 2 aromatic carbocycles. The maximum Gasteiger partial charge on any atom is 0.341 e. The van der Waals surface area contributed by atoms with Gasteiger partial charge in [-0.1, -0.05) is 60.8 Å². The van der Waals surface area contributed by atoms with Gasteiger partial charge in [-0.15, -0.1) is 11.3 Å². The molecule has 0 unspecified atom stereocenters. The SMILES string of the molecule is CCOC(=O)c1c(-c2ccccc2Cl)csc1NC(=O)COC(=O)C1(c2ccccc2F)CCCC1. The van der Waals surface area contributed by atoms with Crippen LogP contribution in [0.25, 0.3) is 11.1 Å². The van der Waals surface area contributed by atoms with E-state index >= 15 is 0 Å². The van der Waals surface area contributed by atoms with Crippen molar-refractivity contribution in [2.75, 3.05) is 18.5 Å². The summed E-state index contributed by atoms with van der Waals surface area (Å²) in [5.41, 5.74) is 0.509. The van der Waals surface area contributed by atoms with Gasteiger partial charge in [0.2, 0.25) is 0 Å². The standard InChI is InChI=1S/C27H25ClFNO5S/c1-2-34-25(32)23-18(17-9-3-5-11-20(17)28)16-36-24(23)30-22(31)15-35-26(33)27(13-7-8-14-27)19-10-4-6-12-21(19)29/h3-6,9-12,16H,2,7-8,13-15H2,1H3,(H,30,31). The van der Waals surface area contributed by atoms with E-state index in [1.165, 1.54) is 6.07 Å². The van der Waals surface area contributed by atoms with E-state index in [1.54, 1.807) is 54.8 Å². The minimum atomic E-state index is -1.11. The normalized spacial score (nSPS) is 14.3. The zero-order chi connectivity index (χ0) is 25.7. The van der Waals surface area contributed by atoms with E-state index in [0.717, 1.165) is 24.2 Å². The molecule has 0 aliphatic heterocycles. The topological polar surface area (TPSA) is 81.7 Å². The van der Waals surface area contributed by atoms with E-state index in [0.29, 0.717) is 34.6 Å². The van der Waals surface area contributed by atoms with Crippen LogP contribution >= 0.6 is 22.9 Å². The molecule has 1 saturated carbocycles. The summed E-state index contributed by atoms with van der Waals surface area (Å²) in [6, 6.07) is 13.2. The Labute approximate surface area is 217 Å². The Bertz CT molecular complexity index is 1280. The fourth-order valence-corrected chi connectivity index (χ4v) is 5.78. The van der Waals surface area contributed by atoms with E-state index in [4.69, 9.17) is 21.1 Å². The van der Waals surface area contributed by atoms with Crippen molar-refractivity contribution >= 4 is 45.8 Å². The van der Waals surface area contributed by atoms with Crippen molar-refractivity contribution in [2.45, 2.75) is 38.0 Å². The lowest BCUT2D eigenvalue weighted by molar-refractivity contribution is -0.153. The first-order chi connectivity index (χ1) is 17.4. The molecular weight excluding hydrogens is 505 g/mol. The van der Waals surface area contributed by atoms with Crippen LogP contribution < -0.4 is 5.32 Å². The third kappa shape index (κ3) is 5.15. The first-order valence-electron chi connectivity index (χ1n) is 11.6. The van der Waals surface area contributed by atoms with E-state index < -0.39 is 35.7 Å². The first-order valence-corrected chi connectivity index (χ1v) is 12.9. The number of thiophene rings is 1. The van der Waals surface area contributed by atoms with Crippen LogP contribution in [0.1, 0.15) is 48.5 Å².